The summed E-state index contributed by atoms with van der Waals surface area (Å²) in [6.45, 7) is 4.12. The van der Waals surface area contributed by atoms with E-state index in [1.165, 1.54) is 6.07 Å². The van der Waals surface area contributed by atoms with Crippen molar-refractivity contribution >= 4 is 38.6 Å². The third kappa shape index (κ3) is 3.62. The molecule has 0 amide bonds. The van der Waals surface area contributed by atoms with Gasteiger partial charge in [-0.05, 0) is 62.6 Å². The molecule has 0 bridgehead atoms. The third-order valence-electron chi connectivity index (χ3n) is 5.43. The van der Waals surface area contributed by atoms with Gasteiger partial charge in [0.05, 0.1) is 17.5 Å². The van der Waals surface area contributed by atoms with Crippen LogP contribution < -0.4 is 0 Å². The Morgan fingerprint density at radius 3 is 2.67 bits per heavy atom. The molecule has 0 aliphatic carbocycles. The smallest absolute Gasteiger partial charge is 0.374 e. The van der Waals surface area contributed by atoms with Crippen molar-refractivity contribution in [3.63, 3.8) is 0 Å². The van der Waals surface area contributed by atoms with Crippen molar-refractivity contribution in [2.75, 3.05) is 13.2 Å². The lowest BCUT2D eigenvalue weighted by molar-refractivity contribution is 0.0491. The van der Waals surface area contributed by atoms with E-state index in [4.69, 9.17) is 20.8 Å². The van der Waals surface area contributed by atoms with E-state index in [-0.39, 0.29) is 23.3 Å². The molecule has 1 aromatic heterocycles. The summed E-state index contributed by atoms with van der Waals surface area (Å²) < 4.78 is 39.1. The van der Waals surface area contributed by atoms with Crippen molar-refractivity contribution in [2.24, 2.45) is 0 Å². The molecule has 30 heavy (non-hydrogen) atoms. The van der Waals surface area contributed by atoms with E-state index in [0.29, 0.717) is 28.1 Å². The van der Waals surface area contributed by atoms with Gasteiger partial charge in [0.25, 0.3) is 0 Å². The van der Waals surface area contributed by atoms with Crippen molar-refractivity contribution < 1.29 is 22.4 Å². The molecule has 158 valence electrons. The van der Waals surface area contributed by atoms with Crippen LogP contribution in [-0.4, -0.2) is 31.8 Å². The van der Waals surface area contributed by atoms with Gasteiger partial charge >= 0.3 is 5.97 Å². The number of fused-ring (bicyclic) bond motifs is 1. The van der Waals surface area contributed by atoms with Gasteiger partial charge in [-0.2, -0.15) is 4.31 Å². The zero-order chi connectivity index (χ0) is 21.5. The first-order valence-electron chi connectivity index (χ1n) is 9.80. The molecule has 1 fully saturated rings. The molecule has 2 aromatic carbocycles. The monoisotopic (exact) mass is 447 g/mol. The Labute approximate surface area is 180 Å². The second kappa shape index (κ2) is 8.06. The maximum Gasteiger partial charge on any atom is 0.374 e. The highest BCUT2D eigenvalue weighted by atomic mass is 35.5. The minimum Gasteiger partial charge on any atom is -0.460 e. The molecule has 1 saturated heterocycles. The molecule has 2 heterocycles. The number of ether oxygens (including phenoxy) is 1. The summed E-state index contributed by atoms with van der Waals surface area (Å²) in [6, 6.07) is 11.7. The largest absolute Gasteiger partial charge is 0.460 e. The van der Waals surface area contributed by atoms with Crippen LogP contribution in [0.3, 0.4) is 0 Å². The first-order chi connectivity index (χ1) is 14.3. The third-order valence-corrected chi connectivity index (χ3v) is 7.59. The summed E-state index contributed by atoms with van der Waals surface area (Å²) in [7, 11) is -3.73. The number of halogens is 1. The van der Waals surface area contributed by atoms with Crippen LogP contribution in [0, 0.1) is 6.92 Å². The molecule has 8 heteroatoms. The van der Waals surface area contributed by atoms with Crippen LogP contribution in [0.25, 0.3) is 11.0 Å². The van der Waals surface area contributed by atoms with E-state index in [2.05, 4.69) is 0 Å². The van der Waals surface area contributed by atoms with E-state index in [1.807, 2.05) is 12.1 Å². The van der Waals surface area contributed by atoms with E-state index >= 15 is 0 Å². The zero-order valence-electron chi connectivity index (χ0n) is 16.7. The predicted molar refractivity (Wildman–Crippen MR) is 114 cm³/mol. The molecule has 1 aliphatic heterocycles. The van der Waals surface area contributed by atoms with Gasteiger partial charge < -0.3 is 9.15 Å². The van der Waals surface area contributed by atoms with E-state index < -0.39 is 16.0 Å². The molecular weight excluding hydrogens is 426 g/mol. The highest BCUT2D eigenvalue weighted by Crippen LogP contribution is 2.38. The number of nitrogens with zero attached hydrogens (tertiary/aromatic N) is 1. The fourth-order valence-electron chi connectivity index (χ4n) is 3.93. The number of benzene rings is 2. The van der Waals surface area contributed by atoms with E-state index in [1.54, 1.807) is 42.4 Å². The van der Waals surface area contributed by atoms with Crippen LogP contribution in [0.1, 0.15) is 47.5 Å². The Morgan fingerprint density at radius 2 is 1.97 bits per heavy atom. The Balaban J connectivity index is 1.72. The highest BCUT2D eigenvalue weighted by molar-refractivity contribution is 7.89. The summed E-state index contributed by atoms with van der Waals surface area (Å²) in [5.74, 6) is -0.459. The van der Waals surface area contributed by atoms with E-state index in [9.17, 15) is 13.2 Å². The second-order valence-corrected chi connectivity index (χ2v) is 9.59. The first-order valence-corrected chi connectivity index (χ1v) is 11.6. The lowest BCUT2D eigenvalue weighted by atomic mass is 10.1. The Kier molecular flexibility index (Phi) is 5.61. The van der Waals surface area contributed by atoms with Gasteiger partial charge in [-0.3, -0.25) is 0 Å². The van der Waals surface area contributed by atoms with Gasteiger partial charge in [0, 0.05) is 22.5 Å². The lowest BCUT2D eigenvalue weighted by Crippen LogP contribution is -2.30. The molecule has 1 unspecified atom stereocenters. The number of hydrogen-bond acceptors (Lipinski definition) is 5. The molecule has 3 aromatic rings. The number of aryl methyl sites for hydroxylation is 1. The number of carbonyl (C=O) groups is 1. The Morgan fingerprint density at radius 1 is 1.23 bits per heavy atom. The molecule has 0 N–H and O–H groups in total. The topological polar surface area (TPSA) is 76.8 Å². The quantitative estimate of drug-likeness (QED) is 0.508. The van der Waals surface area contributed by atoms with Crippen LogP contribution >= 0.6 is 11.6 Å². The highest BCUT2D eigenvalue weighted by Gasteiger charge is 2.36. The Hall–Kier alpha value is -2.35. The molecule has 6 nitrogen and oxygen atoms in total. The number of hydrogen-bond donors (Lipinski definition) is 0. The number of rotatable bonds is 5. The van der Waals surface area contributed by atoms with Crippen molar-refractivity contribution in [1.29, 1.82) is 0 Å². The fraction of sp³-hybridized carbons (Fsp3) is 0.318. The Bertz CT molecular complexity index is 1200. The van der Waals surface area contributed by atoms with Crippen molar-refractivity contribution in [3.05, 3.63) is 64.4 Å². The van der Waals surface area contributed by atoms with Crippen LogP contribution in [0.2, 0.25) is 5.02 Å². The molecule has 0 radical (unpaired) electrons. The standard InChI is InChI=1S/C22H22ClNO5S/c1-3-28-22(25)21-14(2)18-13-17(10-11-20(18)29-21)30(26,27)24-12-4-5-19(24)15-6-8-16(23)9-7-15/h6-11,13,19H,3-5,12H2,1-2H3. The second-order valence-electron chi connectivity index (χ2n) is 7.26. The number of carbonyl (C=O) groups excluding carboxylic acids is 1. The molecular formula is C22H22ClNO5S. The minimum absolute atomic E-state index is 0.0987. The van der Waals surface area contributed by atoms with Crippen LogP contribution in [-0.2, 0) is 14.8 Å². The molecule has 4 rings (SSSR count). The molecule has 0 saturated carbocycles. The first kappa shape index (κ1) is 20.9. The van der Waals surface area contributed by atoms with Crippen LogP contribution in [0.5, 0.6) is 0 Å². The summed E-state index contributed by atoms with van der Waals surface area (Å²) in [5, 5.41) is 1.20. The predicted octanol–water partition coefficient (Wildman–Crippen LogP) is 5.10. The van der Waals surface area contributed by atoms with Gasteiger partial charge in [-0.1, -0.05) is 23.7 Å². The number of sulfonamides is 1. The maximum atomic E-state index is 13.5. The average Bonchev–Trinajstić information content (AvgIpc) is 3.34. The van der Waals surface area contributed by atoms with Gasteiger partial charge in [-0.25, -0.2) is 13.2 Å². The summed E-state index contributed by atoms with van der Waals surface area (Å²) in [4.78, 5) is 12.3. The minimum atomic E-state index is -3.73. The normalized spacial score (nSPS) is 17.5. The van der Waals surface area contributed by atoms with Gasteiger partial charge in [-0.15, -0.1) is 0 Å². The van der Waals surface area contributed by atoms with E-state index in [0.717, 1.165) is 18.4 Å². The maximum absolute atomic E-state index is 13.5. The zero-order valence-corrected chi connectivity index (χ0v) is 18.3. The van der Waals surface area contributed by atoms with Crippen molar-refractivity contribution in [3.8, 4) is 0 Å². The van der Waals surface area contributed by atoms with Crippen molar-refractivity contribution in [1.82, 2.24) is 4.31 Å². The summed E-state index contributed by atoms with van der Waals surface area (Å²) >= 11 is 5.98. The molecule has 0 spiro atoms. The van der Waals surface area contributed by atoms with Crippen LogP contribution in [0.15, 0.2) is 51.8 Å². The van der Waals surface area contributed by atoms with Crippen molar-refractivity contribution in [2.45, 2.75) is 37.6 Å². The summed E-state index contributed by atoms with van der Waals surface area (Å²) in [5.41, 5.74) is 1.94. The molecule has 1 aliphatic rings. The SMILES string of the molecule is CCOC(=O)c1oc2ccc(S(=O)(=O)N3CCCC3c3ccc(Cl)cc3)cc2c1C. The van der Waals surface area contributed by atoms with Crippen LogP contribution in [0.4, 0.5) is 0 Å². The summed E-state index contributed by atoms with van der Waals surface area (Å²) in [6.07, 6.45) is 1.54. The van der Waals surface area contributed by atoms with Gasteiger partial charge in [0.15, 0.2) is 0 Å². The fourth-order valence-corrected chi connectivity index (χ4v) is 5.77. The average molecular weight is 448 g/mol. The lowest BCUT2D eigenvalue weighted by Gasteiger charge is -2.24. The van der Waals surface area contributed by atoms with Gasteiger partial charge in [0.2, 0.25) is 15.8 Å². The number of furan rings is 1. The van der Waals surface area contributed by atoms with Gasteiger partial charge in [0.1, 0.15) is 5.58 Å². The number of esters is 1. The molecule has 1 atom stereocenters.